The van der Waals surface area contributed by atoms with Gasteiger partial charge in [0.05, 0.1) is 28.3 Å². The summed E-state index contributed by atoms with van der Waals surface area (Å²) in [5.74, 6) is -0.773. The quantitative estimate of drug-likeness (QED) is 0.0411. The Morgan fingerprint density at radius 2 is 1.79 bits per heavy atom. The van der Waals surface area contributed by atoms with E-state index in [2.05, 4.69) is 26.1 Å². The van der Waals surface area contributed by atoms with Gasteiger partial charge in [-0.25, -0.2) is 24.5 Å². The molecule has 326 valence electrons. The van der Waals surface area contributed by atoms with Gasteiger partial charge >= 0.3 is 6.09 Å². The number of thiazole rings is 1. The number of hydrogen-bond acceptors (Lipinski definition) is 12. The smallest absolute Gasteiger partial charge is 0.408 e. The average molecular weight is 875 g/mol. The number of nitrogens with one attached hydrogen (secondary N) is 3. The second-order valence-corrected chi connectivity index (χ2v) is 18.3. The number of nitrogens with zero attached hydrogens (tertiary/aromatic N) is 4. The van der Waals surface area contributed by atoms with E-state index in [0.29, 0.717) is 48.5 Å². The molecule has 3 unspecified atom stereocenters. The zero-order valence-electron chi connectivity index (χ0n) is 35.5. The van der Waals surface area contributed by atoms with E-state index in [0.717, 1.165) is 27.0 Å². The van der Waals surface area contributed by atoms with Crippen LogP contribution < -0.4 is 26.6 Å². The number of fused-ring (bicyclic) bond motifs is 2. The largest absolute Gasteiger partial charge is 0.496 e. The number of aromatic nitrogens is 1. The lowest BCUT2D eigenvalue weighted by Crippen LogP contribution is -2.70. The number of benzene rings is 3. The first-order valence-corrected chi connectivity index (χ1v) is 22.0. The number of hydrogen-bond donors (Lipinski definition) is 4. The number of Topliss-reactive ketones (excluding diaryl/α,β-unsaturated/α-hetero) is 1. The van der Waals surface area contributed by atoms with E-state index in [4.69, 9.17) is 19.5 Å². The van der Waals surface area contributed by atoms with Crippen molar-refractivity contribution in [3.05, 3.63) is 87.9 Å². The molecule has 16 nitrogen and oxygen atoms in total. The second kappa shape index (κ2) is 19.1. The van der Waals surface area contributed by atoms with Crippen molar-refractivity contribution in [1.29, 1.82) is 0 Å². The van der Waals surface area contributed by atoms with Gasteiger partial charge in [-0.3, -0.25) is 24.4 Å². The highest BCUT2D eigenvalue weighted by Gasteiger charge is 2.54. The lowest BCUT2D eigenvalue weighted by molar-refractivity contribution is -0.167. The second-order valence-electron chi connectivity index (χ2n) is 16.2. The predicted octanol–water partition coefficient (Wildman–Crippen LogP) is 4.96. The third-order valence-electron chi connectivity index (χ3n) is 10.7. The first-order valence-electron chi connectivity index (χ1n) is 20.1. The first kappa shape index (κ1) is 45.1. The van der Waals surface area contributed by atoms with E-state index >= 15 is 0 Å². The third kappa shape index (κ3) is 10.5. The molecule has 4 aromatic rings. The minimum atomic E-state index is -1.92. The van der Waals surface area contributed by atoms with Gasteiger partial charge in [-0.2, -0.15) is 4.28 Å². The number of rotatable bonds is 15. The van der Waals surface area contributed by atoms with Crippen LogP contribution >= 0.6 is 11.3 Å². The normalized spacial score (nSPS) is 19.3. The number of carbonyl (C=O) groups is 4. The SMILES string of the molecule is COc1cc(C)c(S(=O)ONC(N)=NCCCC(NC(=O)[C@@H]2CCN3CCC(Cc4ccccc4)(NC(=O)OC(C)(C)C)C(=O)N23)C(=O)c2nc3ccccc3s2)c(C)c1C. The number of carbonyl (C=O) groups excluding carboxylic acids is 4. The summed E-state index contributed by atoms with van der Waals surface area (Å²) in [5.41, 5.74) is 10.1. The number of aryl methyl sites for hydroxylation is 1. The van der Waals surface area contributed by atoms with Gasteiger partial charge in [0.15, 0.2) is 5.01 Å². The molecule has 3 aromatic carbocycles. The monoisotopic (exact) mass is 874 g/mol. The Hall–Kier alpha value is -5.43. The van der Waals surface area contributed by atoms with Crippen molar-refractivity contribution in [2.24, 2.45) is 10.7 Å². The van der Waals surface area contributed by atoms with Gasteiger partial charge in [0.1, 0.15) is 22.9 Å². The van der Waals surface area contributed by atoms with Crippen LogP contribution in [0.5, 0.6) is 5.75 Å². The lowest BCUT2D eigenvalue weighted by Gasteiger charge is -2.46. The maximum atomic E-state index is 14.7. The number of aliphatic imine (C=N–C) groups is 1. The molecule has 2 aliphatic rings. The van der Waals surface area contributed by atoms with Gasteiger partial charge in [0.2, 0.25) is 28.7 Å². The number of guanidine groups is 1. The molecule has 3 amide bonds. The third-order valence-corrected chi connectivity index (χ3v) is 13.0. The van der Waals surface area contributed by atoms with Crippen molar-refractivity contribution < 1.29 is 37.1 Å². The standard InChI is InChI=1S/C43H54N8O8S2/c1-26-24-33(57-7)27(2)28(3)36(26)61(56)59-49-40(44)45-21-13-17-31(35(52)38-47-30-16-11-12-18-34(30)60-38)46-37(53)32-19-22-50-23-20-43(39(54)51(32)50,25-29-14-9-8-10-15-29)48-41(55)58-42(4,5)6/h8-12,14-16,18,24,31-32H,13,17,19-23,25H2,1-7H3,(H,46,53)(H,48,55)(H3,44,45,49)/t31?,32-,43?,61?/m0/s1. The van der Waals surface area contributed by atoms with E-state index in [-0.39, 0.29) is 36.1 Å². The van der Waals surface area contributed by atoms with Crippen LogP contribution in [0.15, 0.2) is 70.6 Å². The van der Waals surface area contributed by atoms with Gasteiger partial charge in [0.25, 0.3) is 5.91 Å². The zero-order valence-corrected chi connectivity index (χ0v) is 37.2. The number of ether oxygens (including phenoxy) is 2. The van der Waals surface area contributed by atoms with Crippen LogP contribution in [0.3, 0.4) is 0 Å². The van der Waals surface area contributed by atoms with Gasteiger partial charge in [-0.05, 0) is 108 Å². The van der Waals surface area contributed by atoms with Crippen LogP contribution in [-0.2, 0) is 36.1 Å². The summed E-state index contributed by atoms with van der Waals surface area (Å²) in [6.07, 6.45) is 0.532. The lowest BCUT2D eigenvalue weighted by atomic mass is 9.84. The molecule has 1 aromatic heterocycles. The van der Waals surface area contributed by atoms with Gasteiger partial charge < -0.3 is 25.8 Å². The topological polar surface area (TPSA) is 207 Å². The Kier molecular flexibility index (Phi) is 14.1. The van der Waals surface area contributed by atoms with Crippen molar-refractivity contribution in [3.8, 4) is 5.75 Å². The highest BCUT2D eigenvalue weighted by Crippen LogP contribution is 2.34. The van der Waals surface area contributed by atoms with Crippen molar-refractivity contribution in [2.75, 3.05) is 26.7 Å². The van der Waals surface area contributed by atoms with E-state index in [1.54, 1.807) is 33.9 Å². The Labute approximate surface area is 362 Å². The maximum absolute atomic E-state index is 14.7. The summed E-state index contributed by atoms with van der Waals surface area (Å²) in [6, 6.07) is 16.6. The van der Waals surface area contributed by atoms with E-state index in [1.165, 1.54) is 16.3 Å². The van der Waals surface area contributed by atoms with Gasteiger partial charge in [-0.1, -0.05) is 42.5 Å². The Morgan fingerprint density at radius 1 is 1.07 bits per heavy atom. The summed E-state index contributed by atoms with van der Waals surface area (Å²) in [4.78, 5) is 65.8. The highest BCUT2D eigenvalue weighted by molar-refractivity contribution is 7.80. The molecule has 0 radical (unpaired) electrons. The van der Waals surface area contributed by atoms with Crippen LogP contribution in [0.2, 0.25) is 0 Å². The molecule has 0 bridgehead atoms. The summed E-state index contributed by atoms with van der Waals surface area (Å²) in [6.45, 7) is 11.7. The fourth-order valence-electron chi connectivity index (χ4n) is 7.65. The molecular formula is C43H54N8O8S2. The molecule has 6 rings (SSSR count). The fourth-order valence-corrected chi connectivity index (χ4v) is 9.58. The molecule has 2 aliphatic heterocycles. The molecule has 4 atom stereocenters. The predicted molar refractivity (Wildman–Crippen MR) is 233 cm³/mol. The molecule has 0 spiro atoms. The highest BCUT2D eigenvalue weighted by atomic mass is 32.2. The molecule has 3 heterocycles. The Morgan fingerprint density at radius 3 is 2.49 bits per heavy atom. The van der Waals surface area contributed by atoms with Crippen LogP contribution in [-0.4, -0.2) is 98.8 Å². The summed E-state index contributed by atoms with van der Waals surface area (Å²) in [7, 11) is 1.57. The number of alkyl carbamates (subject to hydrolysis) is 1. The number of hydrazine groups is 1. The Bertz CT molecular complexity index is 2300. The van der Waals surface area contributed by atoms with Crippen molar-refractivity contribution in [1.82, 2.24) is 31.1 Å². The summed E-state index contributed by atoms with van der Waals surface area (Å²) >= 11 is -0.686. The van der Waals surface area contributed by atoms with Gasteiger partial charge in [-0.15, -0.1) is 11.3 Å². The van der Waals surface area contributed by atoms with E-state index in [9.17, 15) is 23.4 Å². The van der Waals surface area contributed by atoms with Crippen molar-refractivity contribution >= 4 is 62.3 Å². The number of para-hydroxylation sites is 1. The maximum Gasteiger partial charge on any atom is 0.408 e. The zero-order chi connectivity index (χ0) is 44.1. The molecule has 18 heteroatoms. The summed E-state index contributed by atoms with van der Waals surface area (Å²) < 4.78 is 30.3. The number of ketones is 1. The number of hydroxylamine groups is 1. The van der Waals surface area contributed by atoms with Crippen LogP contribution in [0.4, 0.5) is 4.79 Å². The molecule has 2 fully saturated rings. The van der Waals surface area contributed by atoms with E-state index < -0.39 is 52.2 Å². The van der Waals surface area contributed by atoms with Gasteiger partial charge in [0, 0.05) is 26.1 Å². The molecule has 0 aliphatic carbocycles. The number of amides is 3. The molecule has 0 saturated carbocycles. The van der Waals surface area contributed by atoms with Crippen molar-refractivity contribution in [3.63, 3.8) is 0 Å². The minimum absolute atomic E-state index is 0.124. The fraction of sp³-hybridized carbons (Fsp3) is 0.442. The molecule has 5 N–H and O–H groups in total. The van der Waals surface area contributed by atoms with Crippen LogP contribution in [0.25, 0.3) is 10.2 Å². The molecular weight excluding hydrogens is 821 g/mol. The Balaban J connectivity index is 1.17. The molecule has 61 heavy (non-hydrogen) atoms. The van der Waals surface area contributed by atoms with Crippen molar-refractivity contribution in [2.45, 2.75) is 102 Å². The summed E-state index contributed by atoms with van der Waals surface area (Å²) in [5, 5.41) is 9.35. The minimum Gasteiger partial charge on any atom is -0.496 e. The average Bonchev–Trinajstić information content (AvgIpc) is 3.86. The van der Waals surface area contributed by atoms with E-state index in [1.807, 2.05) is 80.4 Å². The number of nitrogens with two attached hydrogens (primary N) is 1. The first-order chi connectivity index (χ1) is 29.0. The molecule has 2 saturated heterocycles. The van der Waals surface area contributed by atoms with Crippen LogP contribution in [0, 0.1) is 20.8 Å². The van der Waals surface area contributed by atoms with Crippen LogP contribution in [0.1, 0.15) is 78.5 Å². The number of methoxy groups -OCH3 is 1.